The first kappa shape index (κ1) is 25.5. The number of nitrogens with one attached hydrogen (secondary N) is 1. The number of ether oxygens (including phenoxy) is 2. The van der Waals surface area contributed by atoms with Crippen LogP contribution in [0.4, 0.5) is 4.39 Å². The van der Waals surface area contributed by atoms with Gasteiger partial charge in [0.2, 0.25) is 0 Å². The van der Waals surface area contributed by atoms with E-state index in [0.29, 0.717) is 48.9 Å². The molecule has 6 rings (SSSR count). The highest BCUT2D eigenvalue weighted by molar-refractivity contribution is 5.83. The van der Waals surface area contributed by atoms with Gasteiger partial charge in [-0.2, -0.15) is 0 Å². The molecule has 2 aromatic heterocycles. The fraction of sp³-hybridized carbons (Fsp3) is 0.448. The van der Waals surface area contributed by atoms with Gasteiger partial charge in [0.15, 0.2) is 17.3 Å². The maximum Gasteiger partial charge on any atom is 0.252 e. The SMILES string of the molecule is CC[C@@H](c1nnnn1C1CCCCC1)N(Cc1ccc(F)cc1)Cc1cc2cc3c(cc2[nH]c1=O)OCCO3. The quantitative estimate of drug-likeness (QED) is 0.338. The molecule has 1 atom stereocenters. The molecule has 1 aliphatic heterocycles. The summed E-state index contributed by atoms with van der Waals surface area (Å²) in [7, 11) is 0. The van der Waals surface area contributed by atoms with E-state index in [9.17, 15) is 9.18 Å². The summed E-state index contributed by atoms with van der Waals surface area (Å²) in [5.41, 5.74) is 2.11. The van der Waals surface area contributed by atoms with Gasteiger partial charge in [0, 0.05) is 30.1 Å². The standard InChI is InChI=1S/C29H33FN6O3/c1-2-25(28-32-33-34-36(28)23-6-4-3-5-7-23)35(17-19-8-10-22(30)11-9-19)18-21-14-20-15-26-27(39-13-12-38-26)16-24(20)31-29(21)37/h8-11,14-16,23,25H,2-7,12-13,17-18H2,1H3,(H,31,37)/t25-/m0/s1. The van der Waals surface area contributed by atoms with Gasteiger partial charge in [-0.1, -0.05) is 38.3 Å². The number of H-pyrrole nitrogens is 1. The highest BCUT2D eigenvalue weighted by Crippen LogP contribution is 2.35. The molecule has 10 heteroatoms. The zero-order valence-electron chi connectivity index (χ0n) is 22.1. The van der Waals surface area contributed by atoms with Gasteiger partial charge in [-0.3, -0.25) is 9.69 Å². The van der Waals surface area contributed by atoms with Crippen LogP contribution in [0.5, 0.6) is 11.5 Å². The zero-order valence-corrected chi connectivity index (χ0v) is 22.1. The fourth-order valence-electron chi connectivity index (χ4n) is 5.83. The number of tetrazole rings is 1. The molecule has 1 N–H and O–H groups in total. The lowest BCUT2D eigenvalue weighted by molar-refractivity contribution is 0.155. The average molecular weight is 533 g/mol. The maximum absolute atomic E-state index is 13.7. The van der Waals surface area contributed by atoms with Crippen LogP contribution in [0.15, 0.2) is 47.3 Å². The Kier molecular flexibility index (Phi) is 7.28. The summed E-state index contributed by atoms with van der Waals surface area (Å²) in [5.74, 6) is 1.84. The lowest BCUT2D eigenvalue weighted by Crippen LogP contribution is -2.33. The van der Waals surface area contributed by atoms with E-state index < -0.39 is 0 Å². The first-order valence-corrected chi connectivity index (χ1v) is 13.8. The Hall–Kier alpha value is -3.79. The number of hydrogen-bond donors (Lipinski definition) is 1. The zero-order chi connectivity index (χ0) is 26.8. The molecule has 3 heterocycles. The molecule has 0 spiro atoms. The number of nitrogens with zero attached hydrogens (tertiary/aromatic N) is 5. The Morgan fingerprint density at radius 1 is 1.05 bits per heavy atom. The van der Waals surface area contributed by atoms with Crippen LogP contribution in [0, 0.1) is 5.82 Å². The van der Waals surface area contributed by atoms with Crippen molar-refractivity contribution in [3.05, 3.63) is 75.6 Å². The first-order chi connectivity index (χ1) is 19.1. The van der Waals surface area contributed by atoms with Crippen molar-refractivity contribution in [1.82, 2.24) is 30.1 Å². The molecule has 1 fully saturated rings. The minimum absolute atomic E-state index is 0.137. The summed E-state index contributed by atoms with van der Waals surface area (Å²) < 4.78 is 27.1. The van der Waals surface area contributed by atoms with E-state index in [4.69, 9.17) is 9.47 Å². The third-order valence-electron chi connectivity index (χ3n) is 7.82. The van der Waals surface area contributed by atoms with E-state index in [1.807, 2.05) is 22.9 Å². The highest BCUT2D eigenvalue weighted by Gasteiger charge is 2.29. The number of fused-ring (bicyclic) bond motifs is 2. The van der Waals surface area contributed by atoms with Gasteiger partial charge in [-0.05, 0) is 59.5 Å². The molecule has 0 saturated heterocycles. The third kappa shape index (κ3) is 5.38. The fourth-order valence-corrected chi connectivity index (χ4v) is 5.83. The van der Waals surface area contributed by atoms with Crippen LogP contribution < -0.4 is 15.0 Å². The molecule has 0 bridgehead atoms. The number of rotatable bonds is 8. The van der Waals surface area contributed by atoms with Crippen molar-refractivity contribution in [1.29, 1.82) is 0 Å². The number of hydrogen-bond acceptors (Lipinski definition) is 7. The molecule has 2 aromatic carbocycles. The van der Waals surface area contributed by atoms with E-state index in [1.54, 1.807) is 12.1 Å². The molecule has 0 amide bonds. The van der Waals surface area contributed by atoms with Crippen LogP contribution >= 0.6 is 0 Å². The topological polar surface area (TPSA) is 98.2 Å². The number of aromatic nitrogens is 5. The summed E-state index contributed by atoms with van der Waals surface area (Å²) >= 11 is 0. The van der Waals surface area contributed by atoms with Crippen molar-refractivity contribution in [2.24, 2.45) is 0 Å². The van der Waals surface area contributed by atoms with E-state index in [0.717, 1.165) is 36.0 Å². The molecule has 39 heavy (non-hydrogen) atoms. The predicted octanol–water partition coefficient (Wildman–Crippen LogP) is 5.08. The largest absolute Gasteiger partial charge is 0.486 e. The van der Waals surface area contributed by atoms with Gasteiger partial charge in [-0.15, -0.1) is 5.10 Å². The molecule has 0 unspecified atom stereocenters. The van der Waals surface area contributed by atoms with Crippen LogP contribution in [-0.2, 0) is 13.1 Å². The number of aromatic amines is 1. The van der Waals surface area contributed by atoms with Crippen molar-refractivity contribution < 1.29 is 13.9 Å². The number of benzene rings is 2. The summed E-state index contributed by atoms with van der Waals surface area (Å²) in [6.07, 6.45) is 6.46. The van der Waals surface area contributed by atoms with Crippen molar-refractivity contribution in [3.63, 3.8) is 0 Å². The van der Waals surface area contributed by atoms with Gasteiger partial charge in [0.05, 0.1) is 17.6 Å². The maximum atomic E-state index is 13.7. The minimum Gasteiger partial charge on any atom is -0.486 e. The van der Waals surface area contributed by atoms with E-state index in [-0.39, 0.29) is 23.5 Å². The lowest BCUT2D eigenvalue weighted by Gasteiger charge is -2.32. The molecular formula is C29H33FN6O3. The van der Waals surface area contributed by atoms with Gasteiger partial charge < -0.3 is 14.5 Å². The van der Waals surface area contributed by atoms with Gasteiger partial charge in [-0.25, -0.2) is 9.07 Å². The van der Waals surface area contributed by atoms with Crippen molar-refractivity contribution in [2.45, 2.75) is 70.6 Å². The Morgan fingerprint density at radius 2 is 1.79 bits per heavy atom. The molecule has 1 saturated carbocycles. The molecule has 9 nitrogen and oxygen atoms in total. The Bertz CT molecular complexity index is 1500. The highest BCUT2D eigenvalue weighted by atomic mass is 19.1. The van der Waals surface area contributed by atoms with E-state index in [1.165, 1.54) is 31.4 Å². The van der Waals surface area contributed by atoms with Crippen LogP contribution in [0.25, 0.3) is 10.9 Å². The minimum atomic E-state index is -0.279. The first-order valence-electron chi connectivity index (χ1n) is 13.8. The summed E-state index contributed by atoms with van der Waals surface area (Å²) in [4.78, 5) is 18.5. The summed E-state index contributed by atoms with van der Waals surface area (Å²) in [6, 6.07) is 12.3. The molecule has 0 radical (unpaired) electrons. The van der Waals surface area contributed by atoms with Crippen molar-refractivity contribution in [2.75, 3.05) is 13.2 Å². The van der Waals surface area contributed by atoms with Crippen molar-refractivity contribution in [3.8, 4) is 11.5 Å². The van der Waals surface area contributed by atoms with Crippen LogP contribution in [0.2, 0.25) is 0 Å². The lowest BCUT2D eigenvalue weighted by atomic mass is 9.95. The molecule has 4 aromatic rings. The Balaban J connectivity index is 1.37. The monoisotopic (exact) mass is 532 g/mol. The predicted molar refractivity (Wildman–Crippen MR) is 144 cm³/mol. The molecular weight excluding hydrogens is 499 g/mol. The number of pyridine rings is 1. The van der Waals surface area contributed by atoms with Crippen LogP contribution in [-0.4, -0.2) is 43.3 Å². The van der Waals surface area contributed by atoms with Crippen molar-refractivity contribution >= 4 is 10.9 Å². The van der Waals surface area contributed by atoms with E-state index in [2.05, 4.69) is 32.3 Å². The Morgan fingerprint density at radius 3 is 2.54 bits per heavy atom. The van der Waals surface area contributed by atoms with E-state index >= 15 is 0 Å². The van der Waals surface area contributed by atoms with Crippen LogP contribution in [0.3, 0.4) is 0 Å². The van der Waals surface area contributed by atoms with Crippen LogP contribution in [0.1, 0.15) is 74.5 Å². The molecule has 204 valence electrons. The van der Waals surface area contributed by atoms with Gasteiger partial charge in [0.1, 0.15) is 19.0 Å². The third-order valence-corrected chi connectivity index (χ3v) is 7.82. The van der Waals surface area contributed by atoms with Gasteiger partial charge >= 0.3 is 0 Å². The second-order valence-electron chi connectivity index (χ2n) is 10.4. The second-order valence-corrected chi connectivity index (χ2v) is 10.4. The molecule has 2 aliphatic rings. The summed E-state index contributed by atoms with van der Waals surface area (Å²) in [5, 5.41) is 13.8. The molecule has 1 aliphatic carbocycles. The Labute approximate surface area is 225 Å². The summed E-state index contributed by atoms with van der Waals surface area (Å²) in [6.45, 7) is 3.96. The van der Waals surface area contributed by atoms with Gasteiger partial charge in [0.25, 0.3) is 5.56 Å². The number of halogens is 1. The normalized spacial score (nSPS) is 16.6. The average Bonchev–Trinajstić information content (AvgIpc) is 3.44. The second kappa shape index (κ2) is 11.1. The smallest absolute Gasteiger partial charge is 0.252 e.